The van der Waals surface area contributed by atoms with E-state index in [1.165, 1.54) is 7.11 Å². The Bertz CT molecular complexity index is 1600. The van der Waals surface area contributed by atoms with Gasteiger partial charge in [0, 0.05) is 23.6 Å². The third-order valence-electron chi connectivity index (χ3n) is 7.77. The van der Waals surface area contributed by atoms with Crippen molar-refractivity contribution in [2.24, 2.45) is 0 Å². The zero-order valence-electron chi connectivity index (χ0n) is 23.9. The van der Waals surface area contributed by atoms with Crippen LogP contribution in [0.4, 0.5) is 0 Å². The minimum absolute atomic E-state index is 0.419. The summed E-state index contributed by atoms with van der Waals surface area (Å²) in [6.07, 6.45) is 4.32. The first-order valence-electron chi connectivity index (χ1n) is 13.7. The topological polar surface area (TPSA) is 58.9 Å². The van der Waals surface area contributed by atoms with Crippen molar-refractivity contribution in [1.82, 2.24) is 4.57 Å². The molecule has 0 aliphatic rings. The summed E-state index contributed by atoms with van der Waals surface area (Å²) in [4.78, 5) is 12.5. The van der Waals surface area contributed by atoms with Gasteiger partial charge in [0.2, 0.25) is 6.33 Å². The van der Waals surface area contributed by atoms with Gasteiger partial charge in [-0.3, -0.25) is 0 Å². The fourth-order valence-electron chi connectivity index (χ4n) is 5.53. The van der Waals surface area contributed by atoms with Crippen molar-refractivity contribution >= 4 is 5.97 Å². The highest BCUT2D eigenvalue weighted by molar-refractivity contribution is 5.89. The maximum atomic E-state index is 12.5. The van der Waals surface area contributed by atoms with Crippen molar-refractivity contribution in [3.8, 4) is 6.07 Å². The molecule has 0 bridgehead atoms. The maximum absolute atomic E-state index is 12.5. The number of imidazole rings is 1. The standard InChI is InChI=1S/C36H34N3O2/c1-27-23-39(26-38(27)24-28-20-29(34(40)41-4)22-33(21-28)35(2,3)25-37)36(30-14-8-5-9-15-30,31-16-10-6-11-17-31)32-18-12-7-13-19-32/h5-23,26H,24H2,1-4H3/q+1. The Hall–Kier alpha value is -4.95. The van der Waals surface area contributed by atoms with Gasteiger partial charge in [-0.25, -0.2) is 13.9 Å². The monoisotopic (exact) mass is 540 g/mol. The second kappa shape index (κ2) is 11.3. The third kappa shape index (κ3) is 5.17. The van der Waals surface area contributed by atoms with Crippen LogP contribution in [0.2, 0.25) is 0 Å². The van der Waals surface area contributed by atoms with Crippen LogP contribution in [-0.2, 0) is 22.2 Å². The molecule has 0 radical (unpaired) electrons. The number of nitrogens with zero attached hydrogens (tertiary/aromatic N) is 3. The molecule has 0 spiro atoms. The van der Waals surface area contributed by atoms with Crippen LogP contribution in [0.1, 0.15) is 57.7 Å². The Morgan fingerprint density at radius 3 is 1.80 bits per heavy atom. The van der Waals surface area contributed by atoms with Gasteiger partial charge in [0.05, 0.1) is 24.2 Å². The van der Waals surface area contributed by atoms with E-state index in [2.05, 4.69) is 107 Å². The maximum Gasteiger partial charge on any atom is 0.337 e. The lowest BCUT2D eigenvalue weighted by Gasteiger charge is -2.32. The molecular formula is C36H34N3O2+. The van der Waals surface area contributed by atoms with E-state index >= 15 is 0 Å². The van der Waals surface area contributed by atoms with Gasteiger partial charge in [-0.2, -0.15) is 5.26 Å². The van der Waals surface area contributed by atoms with E-state index in [1.54, 1.807) is 6.07 Å². The number of aromatic nitrogens is 2. The van der Waals surface area contributed by atoms with Crippen molar-refractivity contribution in [3.63, 3.8) is 0 Å². The molecule has 41 heavy (non-hydrogen) atoms. The molecule has 204 valence electrons. The molecule has 0 saturated carbocycles. The van der Waals surface area contributed by atoms with Gasteiger partial charge in [-0.1, -0.05) is 97.1 Å². The Morgan fingerprint density at radius 1 is 0.829 bits per heavy atom. The summed E-state index contributed by atoms with van der Waals surface area (Å²) in [6, 6.07) is 39.6. The number of rotatable bonds is 8. The zero-order chi connectivity index (χ0) is 29.0. The van der Waals surface area contributed by atoms with E-state index in [4.69, 9.17) is 4.74 Å². The van der Waals surface area contributed by atoms with Gasteiger partial charge in [-0.05, 0) is 37.1 Å². The van der Waals surface area contributed by atoms with Gasteiger partial charge in [0.25, 0.3) is 0 Å². The molecule has 1 heterocycles. The summed E-state index contributed by atoms with van der Waals surface area (Å²) in [5.74, 6) is -0.419. The molecule has 5 nitrogen and oxygen atoms in total. The SMILES string of the molecule is COC(=O)c1cc(Cn2c[n+](C(c3ccccc3)(c3ccccc3)c3ccccc3)cc2C)cc(C(C)(C)C#N)c1. The normalized spacial score (nSPS) is 11.6. The van der Waals surface area contributed by atoms with Crippen molar-refractivity contribution < 1.29 is 14.1 Å². The van der Waals surface area contributed by atoms with E-state index in [-0.39, 0.29) is 0 Å². The van der Waals surface area contributed by atoms with Gasteiger partial charge in [-0.15, -0.1) is 0 Å². The number of benzene rings is 4. The number of nitriles is 1. The molecular weight excluding hydrogens is 506 g/mol. The van der Waals surface area contributed by atoms with E-state index in [9.17, 15) is 10.1 Å². The molecule has 0 N–H and O–H groups in total. The van der Waals surface area contributed by atoms with Crippen LogP contribution in [0.3, 0.4) is 0 Å². The largest absolute Gasteiger partial charge is 0.465 e. The number of aryl methyl sites for hydroxylation is 1. The Morgan fingerprint density at radius 2 is 1.34 bits per heavy atom. The second-order valence-electron chi connectivity index (χ2n) is 10.9. The highest BCUT2D eigenvalue weighted by atomic mass is 16.5. The Balaban J connectivity index is 1.70. The van der Waals surface area contributed by atoms with Crippen molar-refractivity contribution in [2.45, 2.75) is 38.3 Å². The number of ether oxygens (including phenoxy) is 1. The van der Waals surface area contributed by atoms with Gasteiger partial charge < -0.3 is 4.74 Å². The molecule has 0 atom stereocenters. The van der Waals surface area contributed by atoms with Crippen LogP contribution in [0, 0.1) is 18.3 Å². The minimum Gasteiger partial charge on any atom is -0.465 e. The van der Waals surface area contributed by atoms with Crippen molar-refractivity contribution in [3.05, 3.63) is 161 Å². The lowest BCUT2D eigenvalue weighted by molar-refractivity contribution is -0.734. The average Bonchev–Trinajstić information content (AvgIpc) is 3.38. The lowest BCUT2D eigenvalue weighted by Crippen LogP contribution is -2.57. The highest BCUT2D eigenvalue weighted by Gasteiger charge is 2.43. The Labute approximate surface area is 241 Å². The quantitative estimate of drug-likeness (QED) is 0.127. The van der Waals surface area contributed by atoms with Crippen LogP contribution in [0.15, 0.2) is 122 Å². The molecule has 0 saturated heterocycles. The molecule has 5 rings (SSSR count). The number of carbonyl (C=O) groups excluding carboxylic acids is 1. The van der Waals surface area contributed by atoms with Crippen LogP contribution >= 0.6 is 0 Å². The lowest BCUT2D eigenvalue weighted by atomic mass is 9.77. The predicted molar refractivity (Wildman–Crippen MR) is 159 cm³/mol. The average molecular weight is 541 g/mol. The zero-order valence-corrected chi connectivity index (χ0v) is 23.9. The molecule has 0 fully saturated rings. The summed E-state index contributed by atoms with van der Waals surface area (Å²) < 4.78 is 9.50. The molecule has 4 aromatic carbocycles. The van der Waals surface area contributed by atoms with Gasteiger partial charge in [0.1, 0.15) is 18.4 Å². The molecule has 5 heteroatoms. The first-order chi connectivity index (χ1) is 19.8. The summed E-state index contributed by atoms with van der Waals surface area (Å²) in [7, 11) is 1.37. The van der Waals surface area contributed by atoms with E-state index in [1.807, 2.05) is 44.2 Å². The van der Waals surface area contributed by atoms with Crippen LogP contribution in [0.25, 0.3) is 0 Å². The smallest absolute Gasteiger partial charge is 0.337 e. The van der Waals surface area contributed by atoms with Gasteiger partial charge in [0.15, 0.2) is 5.54 Å². The van der Waals surface area contributed by atoms with Crippen LogP contribution in [-0.4, -0.2) is 17.6 Å². The second-order valence-corrected chi connectivity index (χ2v) is 10.9. The summed E-state index contributed by atoms with van der Waals surface area (Å²) >= 11 is 0. The van der Waals surface area contributed by atoms with E-state index < -0.39 is 16.9 Å². The number of carbonyl (C=O) groups is 1. The third-order valence-corrected chi connectivity index (χ3v) is 7.77. The molecule has 5 aromatic rings. The first kappa shape index (κ1) is 27.6. The van der Waals surface area contributed by atoms with E-state index in [0.29, 0.717) is 12.1 Å². The Kier molecular flexibility index (Phi) is 7.59. The predicted octanol–water partition coefficient (Wildman–Crippen LogP) is 6.56. The summed E-state index contributed by atoms with van der Waals surface area (Å²) in [6.45, 7) is 6.32. The number of methoxy groups -OCH3 is 1. The first-order valence-corrected chi connectivity index (χ1v) is 13.7. The summed E-state index contributed by atoms with van der Waals surface area (Å²) in [5, 5.41) is 9.80. The summed E-state index contributed by atoms with van der Waals surface area (Å²) in [5.41, 5.74) is 5.25. The highest BCUT2D eigenvalue weighted by Crippen LogP contribution is 2.36. The molecule has 0 unspecified atom stereocenters. The number of esters is 1. The fraction of sp³-hybridized carbons (Fsp3) is 0.194. The van der Waals surface area contributed by atoms with Gasteiger partial charge >= 0.3 is 5.97 Å². The molecule has 1 aromatic heterocycles. The molecule has 0 amide bonds. The molecule has 0 aliphatic heterocycles. The van der Waals surface area contributed by atoms with E-state index in [0.717, 1.165) is 33.5 Å². The number of hydrogen-bond acceptors (Lipinski definition) is 3. The minimum atomic E-state index is -0.756. The van der Waals surface area contributed by atoms with Crippen molar-refractivity contribution in [1.29, 1.82) is 5.26 Å². The van der Waals surface area contributed by atoms with Crippen LogP contribution < -0.4 is 4.57 Å². The van der Waals surface area contributed by atoms with Crippen LogP contribution in [0.5, 0.6) is 0 Å². The number of hydrogen-bond donors (Lipinski definition) is 0. The molecule has 0 aliphatic carbocycles. The fourth-order valence-corrected chi connectivity index (χ4v) is 5.53. The van der Waals surface area contributed by atoms with Crippen molar-refractivity contribution in [2.75, 3.05) is 7.11 Å².